The van der Waals surface area contributed by atoms with E-state index in [1.54, 1.807) is 0 Å². The molecular formula is C12H21N3S. The highest BCUT2D eigenvalue weighted by Gasteiger charge is 2.33. The summed E-state index contributed by atoms with van der Waals surface area (Å²) in [5.74, 6) is 0. The van der Waals surface area contributed by atoms with E-state index in [9.17, 15) is 0 Å². The molecule has 90 valence electrons. The van der Waals surface area contributed by atoms with Crippen LogP contribution in [-0.4, -0.2) is 27.1 Å². The fraction of sp³-hybridized carbons (Fsp3) is 0.750. The van der Waals surface area contributed by atoms with E-state index < -0.39 is 0 Å². The predicted molar refractivity (Wildman–Crippen MR) is 69.7 cm³/mol. The van der Waals surface area contributed by atoms with E-state index in [1.807, 2.05) is 24.3 Å². The minimum absolute atomic E-state index is 0.448. The van der Waals surface area contributed by atoms with E-state index in [-0.39, 0.29) is 0 Å². The van der Waals surface area contributed by atoms with Crippen LogP contribution >= 0.6 is 11.8 Å². The summed E-state index contributed by atoms with van der Waals surface area (Å²) in [6.45, 7) is 1.81. The highest BCUT2D eigenvalue weighted by Crippen LogP contribution is 2.41. The minimum atomic E-state index is 0.448. The molecule has 1 aromatic heterocycles. The molecule has 16 heavy (non-hydrogen) atoms. The molecule has 1 heterocycles. The molecule has 3 nitrogen and oxygen atoms in total. The number of thioether (sulfide) groups is 1. The summed E-state index contributed by atoms with van der Waals surface area (Å²) in [6, 6.07) is 0. The molecule has 1 aliphatic carbocycles. The molecule has 0 saturated heterocycles. The predicted octanol–water partition coefficient (Wildman–Crippen LogP) is 2.06. The van der Waals surface area contributed by atoms with E-state index in [1.165, 1.54) is 31.4 Å². The molecule has 1 saturated carbocycles. The second-order valence-corrected chi connectivity index (χ2v) is 5.92. The van der Waals surface area contributed by atoms with Gasteiger partial charge in [-0.3, -0.25) is 0 Å². The largest absolute Gasteiger partial charge is 0.333 e. The zero-order valence-corrected chi connectivity index (χ0v) is 10.8. The van der Waals surface area contributed by atoms with Crippen LogP contribution in [0.15, 0.2) is 12.5 Å². The van der Waals surface area contributed by atoms with Crippen LogP contribution in [-0.2, 0) is 13.0 Å². The van der Waals surface area contributed by atoms with Crippen molar-refractivity contribution in [1.82, 2.24) is 9.55 Å². The van der Waals surface area contributed by atoms with Gasteiger partial charge in [-0.25, -0.2) is 4.98 Å². The van der Waals surface area contributed by atoms with Crippen molar-refractivity contribution < 1.29 is 0 Å². The Labute approximate surface area is 102 Å². The van der Waals surface area contributed by atoms with Crippen LogP contribution in [0, 0.1) is 0 Å². The number of imidazole rings is 1. The van der Waals surface area contributed by atoms with Gasteiger partial charge in [0.1, 0.15) is 0 Å². The quantitative estimate of drug-likeness (QED) is 0.855. The maximum atomic E-state index is 5.62. The lowest BCUT2D eigenvalue weighted by atomic mass is 10.1. The van der Waals surface area contributed by atoms with Gasteiger partial charge in [-0.05, 0) is 25.6 Å². The first-order valence-corrected chi connectivity index (χ1v) is 7.26. The van der Waals surface area contributed by atoms with Gasteiger partial charge < -0.3 is 10.3 Å². The van der Waals surface area contributed by atoms with Gasteiger partial charge in [0.05, 0.1) is 6.33 Å². The topological polar surface area (TPSA) is 43.8 Å². The summed E-state index contributed by atoms with van der Waals surface area (Å²) in [4.78, 5) is 4.25. The van der Waals surface area contributed by atoms with Crippen LogP contribution in [0.4, 0.5) is 0 Å². The summed E-state index contributed by atoms with van der Waals surface area (Å²) in [7, 11) is 0. The van der Waals surface area contributed by atoms with E-state index in [4.69, 9.17) is 5.73 Å². The van der Waals surface area contributed by atoms with Gasteiger partial charge in [-0.2, -0.15) is 11.8 Å². The monoisotopic (exact) mass is 239 g/mol. The van der Waals surface area contributed by atoms with Crippen molar-refractivity contribution in [2.45, 2.75) is 43.4 Å². The lowest BCUT2D eigenvalue weighted by Gasteiger charge is -2.28. The number of nitrogens with two attached hydrogens (primary N) is 1. The van der Waals surface area contributed by atoms with E-state index in [2.05, 4.69) is 15.8 Å². The van der Waals surface area contributed by atoms with Crippen molar-refractivity contribution in [2.24, 2.45) is 5.73 Å². The fourth-order valence-electron chi connectivity index (χ4n) is 2.60. The molecule has 0 amide bonds. The lowest BCUT2D eigenvalue weighted by Crippen LogP contribution is -2.27. The van der Waals surface area contributed by atoms with Gasteiger partial charge in [0, 0.05) is 29.6 Å². The van der Waals surface area contributed by atoms with Crippen molar-refractivity contribution in [3.63, 3.8) is 0 Å². The number of hydrogen-bond acceptors (Lipinski definition) is 3. The molecule has 1 fully saturated rings. The summed E-state index contributed by atoms with van der Waals surface area (Å²) in [5.41, 5.74) is 6.90. The Balaban J connectivity index is 2.09. The normalized spacial score (nSPS) is 19.1. The van der Waals surface area contributed by atoms with E-state index in [0.29, 0.717) is 11.3 Å². The molecule has 2 rings (SSSR count). The molecule has 1 aliphatic rings. The van der Waals surface area contributed by atoms with Gasteiger partial charge in [0.15, 0.2) is 0 Å². The molecule has 2 N–H and O–H groups in total. The van der Waals surface area contributed by atoms with Gasteiger partial charge in [0.25, 0.3) is 0 Å². The van der Waals surface area contributed by atoms with E-state index in [0.717, 1.165) is 13.0 Å². The summed E-state index contributed by atoms with van der Waals surface area (Å²) >= 11 is 2.03. The summed E-state index contributed by atoms with van der Waals surface area (Å²) in [5, 5.41) is 0. The van der Waals surface area contributed by atoms with Crippen LogP contribution in [0.25, 0.3) is 0 Å². The van der Waals surface area contributed by atoms with Crippen LogP contribution < -0.4 is 5.73 Å². The van der Waals surface area contributed by atoms with Gasteiger partial charge in [-0.15, -0.1) is 0 Å². The number of rotatable bonds is 5. The Morgan fingerprint density at radius 1 is 1.50 bits per heavy atom. The van der Waals surface area contributed by atoms with Crippen LogP contribution in [0.5, 0.6) is 0 Å². The minimum Gasteiger partial charge on any atom is -0.333 e. The van der Waals surface area contributed by atoms with Crippen molar-refractivity contribution in [1.29, 1.82) is 0 Å². The number of hydrogen-bond donors (Lipinski definition) is 1. The zero-order chi connectivity index (χ0) is 11.4. The third-order valence-electron chi connectivity index (χ3n) is 3.61. The SMILES string of the molecule is CSC1(Cn2cncc2CCN)CCCC1. The highest BCUT2D eigenvalue weighted by atomic mass is 32.2. The molecule has 1 aromatic rings. The lowest BCUT2D eigenvalue weighted by molar-refractivity contribution is 0.494. The van der Waals surface area contributed by atoms with Gasteiger partial charge in [0.2, 0.25) is 0 Å². The molecule has 0 bridgehead atoms. The Hall–Kier alpha value is -0.480. The maximum Gasteiger partial charge on any atom is 0.0948 e. The molecule has 0 atom stereocenters. The molecular weight excluding hydrogens is 218 g/mol. The molecule has 0 aromatic carbocycles. The van der Waals surface area contributed by atoms with Gasteiger partial charge in [-0.1, -0.05) is 12.8 Å². The number of nitrogens with zero attached hydrogens (tertiary/aromatic N) is 2. The average Bonchev–Trinajstić information content (AvgIpc) is 2.91. The van der Waals surface area contributed by atoms with E-state index >= 15 is 0 Å². The molecule has 0 spiro atoms. The van der Waals surface area contributed by atoms with Crippen molar-refractivity contribution in [3.8, 4) is 0 Å². The molecule has 4 heteroatoms. The Morgan fingerprint density at radius 3 is 2.88 bits per heavy atom. The second-order valence-electron chi connectivity index (χ2n) is 4.65. The maximum absolute atomic E-state index is 5.62. The van der Waals surface area contributed by atoms with Gasteiger partial charge >= 0.3 is 0 Å². The molecule has 0 unspecified atom stereocenters. The Kier molecular flexibility index (Phi) is 3.92. The third-order valence-corrected chi connectivity index (χ3v) is 5.01. The Bertz CT molecular complexity index is 329. The van der Waals surface area contributed by atoms with Crippen LogP contribution in [0.1, 0.15) is 31.4 Å². The van der Waals surface area contributed by atoms with Crippen molar-refractivity contribution in [2.75, 3.05) is 12.8 Å². The average molecular weight is 239 g/mol. The highest BCUT2D eigenvalue weighted by molar-refractivity contribution is 8.00. The first-order valence-electron chi connectivity index (χ1n) is 6.04. The first kappa shape index (κ1) is 12.0. The summed E-state index contributed by atoms with van der Waals surface area (Å²) < 4.78 is 2.75. The smallest absolute Gasteiger partial charge is 0.0948 e. The fourth-order valence-corrected chi connectivity index (χ4v) is 3.57. The molecule has 0 radical (unpaired) electrons. The Morgan fingerprint density at radius 2 is 2.25 bits per heavy atom. The second kappa shape index (κ2) is 5.23. The zero-order valence-electron chi connectivity index (χ0n) is 9.98. The van der Waals surface area contributed by atoms with Crippen LogP contribution in [0.3, 0.4) is 0 Å². The van der Waals surface area contributed by atoms with Crippen molar-refractivity contribution >= 4 is 11.8 Å². The van der Waals surface area contributed by atoms with Crippen LogP contribution in [0.2, 0.25) is 0 Å². The third kappa shape index (κ3) is 2.43. The van der Waals surface area contributed by atoms with Crippen molar-refractivity contribution in [3.05, 3.63) is 18.2 Å². The number of aromatic nitrogens is 2. The molecule has 0 aliphatic heterocycles. The first-order chi connectivity index (χ1) is 7.79. The standard InChI is InChI=1S/C12H21N3S/c1-16-12(5-2-3-6-12)9-15-10-14-8-11(15)4-7-13/h8,10H,2-7,9,13H2,1H3. The summed E-state index contributed by atoms with van der Waals surface area (Å²) in [6.07, 6.45) is 12.5.